The number of rotatable bonds is 5. The van der Waals surface area contributed by atoms with E-state index in [0.29, 0.717) is 18.4 Å². The van der Waals surface area contributed by atoms with Crippen molar-refractivity contribution in [2.45, 2.75) is 65.3 Å². The summed E-state index contributed by atoms with van der Waals surface area (Å²) >= 11 is 0. The molecule has 0 spiro atoms. The molecule has 2 aromatic carbocycles. The van der Waals surface area contributed by atoms with Crippen molar-refractivity contribution in [1.29, 1.82) is 0 Å². The SMILES string of the molecule is CCCCCC(=O)N1c2ccccc2NC2=C(C(=O)CC(C)(C)C2)[C@@H]1c1cccc(O)c1. The average Bonchev–Trinajstić information content (AvgIpc) is 2.87. The van der Waals surface area contributed by atoms with Gasteiger partial charge in [-0.2, -0.15) is 0 Å². The Morgan fingerprint density at radius 3 is 2.66 bits per heavy atom. The number of unbranched alkanes of at least 4 members (excludes halogenated alkanes) is 2. The number of carbonyl (C=O) groups excluding carboxylic acids is 2. The van der Waals surface area contributed by atoms with Crippen molar-refractivity contribution in [3.63, 3.8) is 0 Å². The number of allylic oxidation sites excluding steroid dienone is 1. The lowest BCUT2D eigenvalue weighted by atomic mass is 9.73. The van der Waals surface area contributed by atoms with Gasteiger partial charge in [-0.05, 0) is 48.1 Å². The van der Waals surface area contributed by atoms with Gasteiger partial charge in [0.1, 0.15) is 5.75 Å². The second-order valence-electron chi connectivity index (χ2n) is 9.69. The number of para-hydroxylation sites is 2. The number of ketones is 1. The summed E-state index contributed by atoms with van der Waals surface area (Å²) in [6, 6.07) is 14.1. The largest absolute Gasteiger partial charge is 0.508 e. The fraction of sp³-hybridized carbons (Fsp3) is 0.407. The number of amides is 1. The highest BCUT2D eigenvalue weighted by Gasteiger charge is 2.43. The first kappa shape index (κ1) is 22.1. The van der Waals surface area contributed by atoms with Gasteiger partial charge in [0.05, 0.1) is 17.4 Å². The Hall–Kier alpha value is -3.08. The van der Waals surface area contributed by atoms with Crippen molar-refractivity contribution in [3.05, 3.63) is 65.4 Å². The molecule has 2 N–H and O–H groups in total. The van der Waals surface area contributed by atoms with Crippen LogP contribution in [0.2, 0.25) is 0 Å². The highest BCUT2D eigenvalue weighted by atomic mass is 16.3. The van der Waals surface area contributed by atoms with Crippen molar-refractivity contribution >= 4 is 23.1 Å². The molecule has 0 saturated carbocycles. The zero-order valence-corrected chi connectivity index (χ0v) is 19.1. The van der Waals surface area contributed by atoms with Crippen LogP contribution in [0.4, 0.5) is 11.4 Å². The Kier molecular flexibility index (Phi) is 6.09. The topological polar surface area (TPSA) is 69.6 Å². The summed E-state index contributed by atoms with van der Waals surface area (Å²) in [5.74, 6) is 0.167. The normalized spacial score (nSPS) is 19.7. The van der Waals surface area contributed by atoms with Crippen LogP contribution in [0.3, 0.4) is 0 Å². The number of phenolic OH excluding ortho intramolecular Hbond substituents is 1. The minimum Gasteiger partial charge on any atom is -0.508 e. The lowest BCUT2D eigenvalue weighted by Gasteiger charge is -2.37. The van der Waals surface area contributed by atoms with E-state index in [1.54, 1.807) is 23.1 Å². The van der Waals surface area contributed by atoms with E-state index in [-0.39, 0.29) is 22.9 Å². The maximum atomic E-state index is 13.7. The Morgan fingerprint density at radius 2 is 1.91 bits per heavy atom. The number of phenols is 1. The number of fused-ring (bicyclic) bond motifs is 1. The summed E-state index contributed by atoms with van der Waals surface area (Å²) in [6.45, 7) is 6.32. The zero-order chi connectivity index (χ0) is 22.9. The smallest absolute Gasteiger partial charge is 0.227 e. The first-order chi connectivity index (χ1) is 15.3. The second kappa shape index (κ2) is 8.81. The van der Waals surface area contributed by atoms with Crippen LogP contribution in [0.1, 0.15) is 70.9 Å². The molecule has 2 aromatic rings. The van der Waals surface area contributed by atoms with Gasteiger partial charge in [-0.1, -0.05) is 57.9 Å². The molecule has 0 saturated heterocycles. The van der Waals surface area contributed by atoms with Crippen LogP contribution < -0.4 is 10.2 Å². The van der Waals surface area contributed by atoms with Gasteiger partial charge in [0.15, 0.2) is 5.78 Å². The molecule has 0 fully saturated rings. The van der Waals surface area contributed by atoms with Crippen LogP contribution in [0.5, 0.6) is 5.75 Å². The Morgan fingerprint density at radius 1 is 1.12 bits per heavy atom. The van der Waals surface area contributed by atoms with E-state index in [9.17, 15) is 14.7 Å². The maximum Gasteiger partial charge on any atom is 0.227 e. The van der Waals surface area contributed by atoms with Gasteiger partial charge < -0.3 is 10.4 Å². The molecule has 0 bridgehead atoms. The molecule has 5 heteroatoms. The highest BCUT2D eigenvalue weighted by molar-refractivity contribution is 6.06. The fourth-order valence-corrected chi connectivity index (χ4v) is 4.92. The zero-order valence-electron chi connectivity index (χ0n) is 19.1. The predicted octanol–water partition coefficient (Wildman–Crippen LogP) is 6.12. The second-order valence-corrected chi connectivity index (χ2v) is 9.69. The van der Waals surface area contributed by atoms with E-state index in [2.05, 4.69) is 26.1 Å². The maximum absolute atomic E-state index is 13.7. The number of Topliss-reactive ketones (excluding diaryl/α,β-unsaturated/α-hetero) is 1. The minimum atomic E-state index is -0.578. The standard InChI is InChI=1S/C27H32N2O3/c1-4-5-6-14-24(32)29-22-13-8-7-12-20(22)28-21-16-27(2,3)17-23(31)25(21)26(29)18-10-9-11-19(30)15-18/h7-13,15,26,28,30H,4-6,14,16-17H2,1-3H3/t26-/m0/s1. The molecule has 0 aromatic heterocycles. The van der Waals surface area contributed by atoms with Crippen molar-refractivity contribution in [3.8, 4) is 5.75 Å². The molecule has 32 heavy (non-hydrogen) atoms. The average molecular weight is 433 g/mol. The number of hydrogen-bond acceptors (Lipinski definition) is 4. The number of aromatic hydroxyl groups is 1. The van der Waals surface area contributed by atoms with Gasteiger partial charge in [0, 0.05) is 24.1 Å². The summed E-state index contributed by atoms with van der Waals surface area (Å²) < 4.78 is 0. The number of hydrogen-bond donors (Lipinski definition) is 2. The molecule has 0 unspecified atom stereocenters. The van der Waals surface area contributed by atoms with Crippen LogP contribution in [0, 0.1) is 5.41 Å². The fourth-order valence-electron chi connectivity index (χ4n) is 4.92. The summed E-state index contributed by atoms with van der Waals surface area (Å²) in [4.78, 5) is 29.0. The molecule has 1 aliphatic heterocycles. The van der Waals surface area contributed by atoms with Crippen molar-refractivity contribution in [2.75, 3.05) is 10.2 Å². The lowest BCUT2D eigenvalue weighted by Crippen LogP contribution is -2.39. The summed E-state index contributed by atoms with van der Waals surface area (Å²) in [7, 11) is 0. The molecule has 5 nitrogen and oxygen atoms in total. The van der Waals surface area contributed by atoms with E-state index >= 15 is 0 Å². The summed E-state index contributed by atoms with van der Waals surface area (Å²) in [5.41, 5.74) is 3.68. The predicted molar refractivity (Wildman–Crippen MR) is 128 cm³/mol. The van der Waals surface area contributed by atoms with Gasteiger partial charge in [0.2, 0.25) is 5.91 Å². The number of anilines is 2. The van der Waals surface area contributed by atoms with Crippen LogP contribution >= 0.6 is 0 Å². The summed E-state index contributed by atoms with van der Waals surface area (Å²) in [6.07, 6.45) is 4.38. The molecular formula is C27H32N2O3. The third-order valence-corrected chi connectivity index (χ3v) is 6.35. The van der Waals surface area contributed by atoms with Crippen LogP contribution in [-0.4, -0.2) is 16.8 Å². The summed E-state index contributed by atoms with van der Waals surface area (Å²) in [5, 5.41) is 13.7. The van der Waals surface area contributed by atoms with E-state index < -0.39 is 6.04 Å². The van der Waals surface area contributed by atoms with E-state index in [1.165, 1.54) is 0 Å². The van der Waals surface area contributed by atoms with Crippen molar-refractivity contribution < 1.29 is 14.7 Å². The number of nitrogens with one attached hydrogen (secondary N) is 1. The Balaban J connectivity index is 1.93. The third-order valence-electron chi connectivity index (χ3n) is 6.35. The highest BCUT2D eigenvalue weighted by Crippen LogP contribution is 2.48. The lowest BCUT2D eigenvalue weighted by molar-refractivity contribution is -0.119. The molecule has 1 aliphatic carbocycles. The van der Waals surface area contributed by atoms with Crippen LogP contribution in [0.15, 0.2) is 59.8 Å². The van der Waals surface area contributed by atoms with Gasteiger partial charge >= 0.3 is 0 Å². The molecule has 4 rings (SSSR count). The van der Waals surface area contributed by atoms with Gasteiger partial charge in [-0.3, -0.25) is 14.5 Å². The molecule has 2 aliphatic rings. The number of nitrogens with zero attached hydrogens (tertiary/aromatic N) is 1. The molecule has 1 atom stereocenters. The van der Waals surface area contributed by atoms with Gasteiger partial charge in [-0.25, -0.2) is 0 Å². The first-order valence-corrected chi connectivity index (χ1v) is 11.5. The quantitative estimate of drug-likeness (QED) is 0.559. The Labute approximate surface area is 190 Å². The van der Waals surface area contributed by atoms with E-state index in [1.807, 2.05) is 30.3 Å². The molecule has 1 heterocycles. The van der Waals surface area contributed by atoms with Crippen LogP contribution in [0.25, 0.3) is 0 Å². The molecule has 168 valence electrons. The Bertz CT molecular complexity index is 1070. The van der Waals surface area contributed by atoms with Gasteiger partial charge in [0.25, 0.3) is 0 Å². The first-order valence-electron chi connectivity index (χ1n) is 11.5. The monoisotopic (exact) mass is 432 g/mol. The van der Waals surface area contributed by atoms with E-state index in [4.69, 9.17) is 0 Å². The number of benzene rings is 2. The third kappa shape index (κ3) is 4.29. The van der Waals surface area contributed by atoms with Gasteiger partial charge in [-0.15, -0.1) is 0 Å². The molecule has 1 amide bonds. The minimum absolute atomic E-state index is 0.00701. The molecular weight excluding hydrogens is 400 g/mol. The van der Waals surface area contributed by atoms with Crippen LogP contribution in [-0.2, 0) is 9.59 Å². The molecule has 0 radical (unpaired) electrons. The van der Waals surface area contributed by atoms with E-state index in [0.717, 1.165) is 48.3 Å². The number of carbonyl (C=O) groups is 2. The van der Waals surface area contributed by atoms with Crippen molar-refractivity contribution in [2.24, 2.45) is 5.41 Å². The van der Waals surface area contributed by atoms with Crippen molar-refractivity contribution in [1.82, 2.24) is 0 Å².